The van der Waals surface area contributed by atoms with Gasteiger partial charge in [0.25, 0.3) is 0 Å². The van der Waals surface area contributed by atoms with E-state index in [0.717, 1.165) is 21.2 Å². The van der Waals surface area contributed by atoms with Crippen molar-refractivity contribution in [3.05, 3.63) is 48.3 Å². The van der Waals surface area contributed by atoms with Crippen molar-refractivity contribution in [1.82, 2.24) is 4.98 Å². The molecule has 0 atom stereocenters. The van der Waals surface area contributed by atoms with Gasteiger partial charge in [-0.05, 0) is 36.4 Å². The first-order valence-electron chi connectivity index (χ1n) is 8.39. The minimum absolute atomic E-state index is 0.00569. The number of carbonyl (C=O) groups is 1. The van der Waals surface area contributed by atoms with Crippen LogP contribution in [0.5, 0.6) is 0 Å². The van der Waals surface area contributed by atoms with E-state index >= 15 is 0 Å². The number of aromatic nitrogens is 1. The van der Waals surface area contributed by atoms with Crippen molar-refractivity contribution in [2.24, 2.45) is 5.92 Å². The smallest absolute Gasteiger partial charge is 0.231 e. The van der Waals surface area contributed by atoms with Crippen molar-refractivity contribution >= 4 is 44.0 Å². The van der Waals surface area contributed by atoms with Gasteiger partial charge in [0.15, 0.2) is 5.13 Å². The third-order valence-corrected chi connectivity index (χ3v) is 5.61. The number of nitrogens with zero attached hydrogens (tertiary/aromatic N) is 3. The number of hydrogen-bond donors (Lipinski definition) is 1. The van der Waals surface area contributed by atoms with Gasteiger partial charge in [-0.3, -0.25) is 4.79 Å². The van der Waals surface area contributed by atoms with E-state index in [9.17, 15) is 9.18 Å². The molecule has 0 aliphatic carbocycles. The second-order valence-corrected chi connectivity index (χ2v) is 7.62. The van der Waals surface area contributed by atoms with E-state index in [2.05, 4.69) is 10.3 Å². The zero-order chi connectivity index (χ0) is 18.3. The molecule has 2 heterocycles. The van der Waals surface area contributed by atoms with Gasteiger partial charge in [0.05, 0.1) is 10.6 Å². The molecule has 26 heavy (non-hydrogen) atoms. The highest BCUT2D eigenvalue weighted by atomic mass is 32.1. The minimum Gasteiger partial charge on any atom is -0.378 e. The lowest BCUT2D eigenvalue weighted by atomic mass is 10.00. The van der Waals surface area contributed by atoms with Gasteiger partial charge in [-0.1, -0.05) is 17.4 Å². The lowest BCUT2D eigenvalue weighted by Crippen LogP contribution is -2.52. The Bertz CT molecular complexity index is 948. The zero-order valence-corrected chi connectivity index (χ0v) is 15.4. The van der Waals surface area contributed by atoms with Gasteiger partial charge in [0.2, 0.25) is 5.91 Å². The van der Waals surface area contributed by atoms with Gasteiger partial charge in [-0.25, -0.2) is 9.37 Å². The van der Waals surface area contributed by atoms with Gasteiger partial charge in [0, 0.05) is 38.6 Å². The van der Waals surface area contributed by atoms with E-state index < -0.39 is 0 Å². The van der Waals surface area contributed by atoms with E-state index in [1.54, 1.807) is 6.07 Å². The van der Waals surface area contributed by atoms with Crippen LogP contribution in [0, 0.1) is 11.7 Å². The van der Waals surface area contributed by atoms with Gasteiger partial charge in [-0.15, -0.1) is 0 Å². The lowest BCUT2D eigenvalue weighted by molar-refractivity contribution is -0.120. The maximum absolute atomic E-state index is 13.8. The molecule has 1 fully saturated rings. The van der Waals surface area contributed by atoms with Crippen LogP contribution in [-0.2, 0) is 4.79 Å². The Hall–Kier alpha value is -2.67. The Morgan fingerprint density at radius 2 is 1.96 bits per heavy atom. The van der Waals surface area contributed by atoms with Crippen LogP contribution in [0.1, 0.15) is 0 Å². The van der Waals surface area contributed by atoms with Crippen molar-refractivity contribution in [2.75, 3.05) is 42.3 Å². The number of thiazole rings is 1. The Labute approximate surface area is 155 Å². The topological polar surface area (TPSA) is 48.5 Å². The molecule has 1 aliphatic heterocycles. The largest absolute Gasteiger partial charge is 0.378 e. The second kappa shape index (κ2) is 6.57. The zero-order valence-electron chi connectivity index (χ0n) is 14.6. The molecular formula is C19H19FN4OS. The Kier molecular flexibility index (Phi) is 4.24. The number of amides is 1. The highest BCUT2D eigenvalue weighted by molar-refractivity contribution is 7.22. The summed E-state index contributed by atoms with van der Waals surface area (Å²) in [5.41, 5.74) is 2.28. The summed E-state index contributed by atoms with van der Waals surface area (Å²) < 4.78 is 14.6. The maximum atomic E-state index is 13.8. The van der Waals surface area contributed by atoms with Gasteiger partial charge in [-0.2, -0.15) is 0 Å². The number of rotatable bonds is 4. The third-order valence-electron chi connectivity index (χ3n) is 4.53. The van der Waals surface area contributed by atoms with Crippen LogP contribution >= 0.6 is 11.3 Å². The lowest BCUT2D eigenvalue weighted by Gasteiger charge is -2.37. The Balaban J connectivity index is 1.37. The van der Waals surface area contributed by atoms with Crippen LogP contribution in [0.15, 0.2) is 42.5 Å². The van der Waals surface area contributed by atoms with Crippen molar-refractivity contribution in [3.8, 4) is 0 Å². The molecule has 0 unspecified atom stereocenters. The predicted octanol–water partition coefficient (Wildman–Crippen LogP) is 3.58. The van der Waals surface area contributed by atoms with Gasteiger partial charge in [0.1, 0.15) is 11.3 Å². The summed E-state index contributed by atoms with van der Waals surface area (Å²) in [6.45, 7) is 1.20. The minimum atomic E-state index is -0.305. The standard InChI is InChI=1S/C19H19FN4OS/c1-23(2)14-8-6-13(7-9-14)21-18(25)12-10-24(11-12)19-22-17-15(20)4-3-5-16(17)26-19/h3-9,12H,10-11H2,1-2H3,(H,21,25). The molecule has 7 heteroatoms. The van der Waals surface area contributed by atoms with Gasteiger partial charge < -0.3 is 15.1 Å². The molecule has 1 aromatic heterocycles. The summed E-state index contributed by atoms with van der Waals surface area (Å²) in [7, 11) is 3.95. The van der Waals surface area contributed by atoms with Crippen molar-refractivity contribution in [1.29, 1.82) is 0 Å². The third kappa shape index (κ3) is 3.10. The first-order chi connectivity index (χ1) is 12.5. The summed E-state index contributed by atoms with van der Waals surface area (Å²) in [6, 6.07) is 12.7. The number of fused-ring (bicyclic) bond motifs is 1. The predicted molar refractivity (Wildman–Crippen MR) is 105 cm³/mol. The SMILES string of the molecule is CN(C)c1ccc(NC(=O)C2CN(c3nc4c(F)cccc4s3)C2)cc1. The van der Waals surface area contributed by atoms with E-state index in [1.807, 2.05) is 54.2 Å². The second-order valence-electron chi connectivity index (χ2n) is 6.62. The summed E-state index contributed by atoms with van der Waals surface area (Å²) in [5, 5.41) is 3.72. The van der Waals surface area contributed by atoms with Crippen LogP contribution in [0.3, 0.4) is 0 Å². The maximum Gasteiger partial charge on any atom is 0.231 e. The van der Waals surface area contributed by atoms with Crippen LogP contribution < -0.4 is 15.1 Å². The monoisotopic (exact) mass is 370 g/mol. The van der Waals surface area contributed by atoms with Crippen molar-refractivity contribution < 1.29 is 9.18 Å². The number of para-hydroxylation sites is 1. The molecule has 0 saturated carbocycles. The van der Waals surface area contributed by atoms with Crippen LogP contribution in [0.25, 0.3) is 10.2 Å². The van der Waals surface area contributed by atoms with Crippen LogP contribution in [0.2, 0.25) is 0 Å². The number of anilines is 3. The first-order valence-corrected chi connectivity index (χ1v) is 9.21. The fourth-order valence-corrected chi connectivity index (χ4v) is 3.92. The van der Waals surface area contributed by atoms with E-state index in [1.165, 1.54) is 17.4 Å². The number of nitrogens with one attached hydrogen (secondary N) is 1. The molecule has 0 spiro atoms. The molecule has 4 rings (SSSR count). The summed E-state index contributed by atoms with van der Waals surface area (Å²) in [4.78, 5) is 20.8. The van der Waals surface area contributed by atoms with Crippen LogP contribution in [-0.4, -0.2) is 38.1 Å². The van der Waals surface area contributed by atoms with Crippen molar-refractivity contribution in [2.45, 2.75) is 0 Å². The number of benzene rings is 2. The molecule has 1 saturated heterocycles. The molecule has 3 aromatic rings. The molecule has 0 radical (unpaired) electrons. The summed E-state index contributed by atoms with van der Waals surface area (Å²) in [6.07, 6.45) is 0. The molecule has 5 nitrogen and oxygen atoms in total. The fraction of sp³-hybridized carbons (Fsp3) is 0.263. The molecule has 1 amide bonds. The molecule has 0 bridgehead atoms. The quantitative estimate of drug-likeness (QED) is 0.763. The summed E-state index contributed by atoms with van der Waals surface area (Å²) >= 11 is 1.46. The fourth-order valence-electron chi connectivity index (χ4n) is 2.93. The number of carbonyl (C=O) groups excluding carboxylic acids is 1. The Morgan fingerprint density at radius 3 is 2.62 bits per heavy atom. The molecular weight excluding hydrogens is 351 g/mol. The van der Waals surface area contributed by atoms with E-state index in [-0.39, 0.29) is 17.6 Å². The van der Waals surface area contributed by atoms with E-state index in [4.69, 9.17) is 0 Å². The average molecular weight is 370 g/mol. The first kappa shape index (κ1) is 16.8. The number of hydrogen-bond acceptors (Lipinski definition) is 5. The van der Waals surface area contributed by atoms with Gasteiger partial charge >= 0.3 is 0 Å². The van der Waals surface area contributed by atoms with Crippen LogP contribution in [0.4, 0.5) is 20.9 Å². The van der Waals surface area contributed by atoms with Crippen molar-refractivity contribution in [3.63, 3.8) is 0 Å². The molecule has 2 aromatic carbocycles. The number of halogens is 1. The Morgan fingerprint density at radius 1 is 1.23 bits per heavy atom. The molecule has 1 N–H and O–H groups in total. The highest BCUT2D eigenvalue weighted by Crippen LogP contribution is 2.34. The molecule has 1 aliphatic rings. The molecule has 134 valence electrons. The van der Waals surface area contributed by atoms with E-state index in [0.29, 0.717) is 18.6 Å². The summed E-state index contributed by atoms with van der Waals surface area (Å²) in [5.74, 6) is -0.382. The normalized spacial score (nSPS) is 14.3. The highest BCUT2D eigenvalue weighted by Gasteiger charge is 2.34. The average Bonchev–Trinajstić information content (AvgIpc) is 2.99.